The number of esters is 4. The molecule has 1 saturated heterocycles. The average Bonchev–Trinajstić information content (AvgIpc) is 2.77. The Bertz CT molecular complexity index is 811. The van der Waals surface area contributed by atoms with Crippen LogP contribution in [0.1, 0.15) is 89.0 Å². The van der Waals surface area contributed by atoms with Gasteiger partial charge in [0, 0.05) is 0 Å². The summed E-state index contributed by atoms with van der Waals surface area (Å²) in [5.41, 5.74) is -2.84. The van der Waals surface area contributed by atoms with E-state index in [1.165, 1.54) is 0 Å². The molecule has 0 aliphatic carbocycles. The first kappa shape index (κ1) is 32.8. The number of hydrogen-bond donors (Lipinski definition) is 0. The molecular weight excluding hydrogens is 484 g/mol. The molecule has 1 aliphatic rings. The van der Waals surface area contributed by atoms with Crippen LogP contribution >= 0.6 is 0 Å². The van der Waals surface area contributed by atoms with Gasteiger partial charge in [-0.3, -0.25) is 14.4 Å². The Morgan fingerprint density at radius 3 is 1.41 bits per heavy atom. The minimum atomic E-state index is -1.50. The molecule has 10 heteroatoms. The van der Waals surface area contributed by atoms with Crippen molar-refractivity contribution in [3.05, 3.63) is 0 Å². The Balaban J connectivity index is 3.74. The summed E-state index contributed by atoms with van der Waals surface area (Å²) < 4.78 is 34.4. The van der Waals surface area contributed by atoms with E-state index in [-0.39, 0.29) is 6.10 Å². The molecule has 0 aromatic rings. The van der Waals surface area contributed by atoms with Gasteiger partial charge in [-0.25, -0.2) is 4.79 Å². The summed E-state index contributed by atoms with van der Waals surface area (Å²) in [5, 5.41) is 0. The van der Waals surface area contributed by atoms with E-state index in [0.717, 1.165) is 7.11 Å². The number of carbonyl (C=O) groups is 4. The van der Waals surface area contributed by atoms with Gasteiger partial charge in [0.25, 0.3) is 0 Å². The number of hydrogen-bond acceptors (Lipinski definition) is 10. The summed E-state index contributed by atoms with van der Waals surface area (Å²) in [7, 11) is 1.16. The molecular formula is C27H46O10. The first-order valence-corrected chi connectivity index (χ1v) is 12.8. The second-order valence-electron chi connectivity index (χ2n) is 12.4. The highest BCUT2D eigenvalue weighted by molar-refractivity contribution is 5.80. The second kappa shape index (κ2) is 12.6. The van der Waals surface area contributed by atoms with E-state index in [1.54, 1.807) is 62.3 Å². The van der Waals surface area contributed by atoms with E-state index >= 15 is 0 Å². The van der Waals surface area contributed by atoms with Gasteiger partial charge >= 0.3 is 23.9 Å². The van der Waals surface area contributed by atoms with Crippen molar-refractivity contribution in [3.63, 3.8) is 0 Å². The largest absolute Gasteiger partial charge is 0.467 e. The van der Waals surface area contributed by atoms with Gasteiger partial charge < -0.3 is 28.4 Å². The summed E-state index contributed by atoms with van der Waals surface area (Å²) in [5.74, 6) is -2.80. The molecule has 0 aromatic heterocycles. The maximum atomic E-state index is 13.1. The molecule has 0 bridgehead atoms. The predicted molar refractivity (Wildman–Crippen MR) is 134 cm³/mol. The average molecular weight is 531 g/mol. The molecule has 1 aliphatic heterocycles. The third-order valence-electron chi connectivity index (χ3n) is 5.73. The van der Waals surface area contributed by atoms with Crippen LogP contribution in [0.25, 0.3) is 0 Å². The fourth-order valence-corrected chi connectivity index (χ4v) is 3.19. The normalized spacial score (nSPS) is 24.8. The molecule has 0 aromatic carbocycles. The Morgan fingerprint density at radius 1 is 0.676 bits per heavy atom. The van der Waals surface area contributed by atoms with Gasteiger partial charge in [0.2, 0.25) is 0 Å². The summed E-state index contributed by atoms with van der Waals surface area (Å²) in [6, 6.07) is 0. The molecule has 0 unspecified atom stereocenters. The molecule has 1 heterocycles. The number of ether oxygens (including phenoxy) is 6. The molecule has 37 heavy (non-hydrogen) atoms. The van der Waals surface area contributed by atoms with Crippen LogP contribution in [0.5, 0.6) is 0 Å². The van der Waals surface area contributed by atoms with Crippen LogP contribution in [0.3, 0.4) is 0 Å². The molecule has 0 spiro atoms. The SMILES string of the molecule is CCC(CC)O[C@@H]1O[C@H](C(=O)OC)[C@@H](OC(=O)C(C)(C)C)[C@H](OC(=O)C(C)(C)C)[C@H]1OC(=O)C(C)(C)C. The van der Waals surface area contributed by atoms with Crippen molar-refractivity contribution in [2.45, 2.75) is 126 Å². The van der Waals surface area contributed by atoms with Gasteiger partial charge in [-0.05, 0) is 75.2 Å². The van der Waals surface area contributed by atoms with Crippen molar-refractivity contribution in [1.29, 1.82) is 0 Å². The summed E-state index contributed by atoms with van der Waals surface area (Å²) in [4.78, 5) is 51.9. The van der Waals surface area contributed by atoms with Crippen LogP contribution in [0.2, 0.25) is 0 Å². The first-order chi connectivity index (χ1) is 16.8. The number of carbonyl (C=O) groups excluding carboxylic acids is 4. The fraction of sp³-hybridized carbons (Fsp3) is 0.852. The van der Waals surface area contributed by atoms with Gasteiger partial charge in [-0.2, -0.15) is 0 Å². The van der Waals surface area contributed by atoms with Crippen molar-refractivity contribution < 1.29 is 47.6 Å². The highest BCUT2D eigenvalue weighted by Gasteiger charge is 2.57. The molecule has 0 amide bonds. The Morgan fingerprint density at radius 2 is 1.05 bits per heavy atom. The van der Waals surface area contributed by atoms with Gasteiger partial charge in [-0.15, -0.1) is 0 Å². The lowest BCUT2D eigenvalue weighted by Crippen LogP contribution is -2.65. The van der Waals surface area contributed by atoms with E-state index in [0.29, 0.717) is 12.8 Å². The first-order valence-electron chi connectivity index (χ1n) is 12.8. The van der Waals surface area contributed by atoms with Crippen molar-refractivity contribution in [1.82, 2.24) is 0 Å². The zero-order chi connectivity index (χ0) is 28.9. The molecule has 0 saturated carbocycles. The van der Waals surface area contributed by atoms with E-state index in [1.807, 2.05) is 13.8 Å². The van der Waals surface area contributed by atoms with Crippen molar-refractivity contribution >= 4 is 23.9 Å². The summed E-state index contributed by atoms with van der Waals surface area (Å²) in [6.45, 7) is 18.7. The van der Waals surface area contributed by atoms with Crippen molar-refractivity contribution in [3.8, 4) is 0 Å². The summed E-state index contributed by atoms with van der Waals surface area (Å²) in [6.07, 6.45) is -6.13. The van der Waals surface area contributed by atoms with E-state index in [2.05, 4.69) is 0 Å². The maximum absolute atomic E-state index is 13.1. The monoisotopic (exact) mass is 530 g/mol. The lowest BCUT2D eigenvalue weighted by Gasteiger charge is -2.45. The second-order valence-corrected chi connectivity index (χ2v) is 12.4. The van der Waals surface area contributed by atoms with E-state index in [4.69, 9.17) is 28.4 Å². The topological polar surface area (TPSA) is 124 Å². The standard InChI is InChI=1S/C27H46O10/c1-13-15(14-2)33-21-19(37-24(31)27(9,10)11)17(36-23(30)26(6,7)8)16(18(34-21)20(28)32-12)35-22(29)25(3,4)5/h15-19,21H,13-14H2,1-12H3/t16-,17-,18-,19+,21+/m0/s1. The van der Waals surface area contributed by atoms with Crippen LogP contribution < -0.4 is 0 Å². The molecule has 0 N–H and O–H groups in total. The molecule has 1 fully saturated rings. The van der Waals surface area contributed by atoms with E-state index < -0.39 is 70.8 Å². The highest BCUT2D eigenvalue weighted by Crippen LogP contribution is 2.35. The fourth-order valence-electron chi connectivity index (χ4n) is 3.19. The van der Waals surface area contributed by atoms with Crippen LogP contribution in [0.4, 0.5) is 0 Å². The van der Waals surface area contributed by atoms with Crippen LogP contribution in [-0.2, 0) is 47.6 Å². The minimum absolute atomic E-state index is 0.313. The minimum Gasteiger partial charge on any atom is -0.467 e. The van der Waals surface area contributed by atoms with Gasteiger partial charge in [0.1, 0.15) is 0 Å². The maximum Gasteiger partial charge on any atom is 0.339 e. The van der Waals surface area contributed by atoms with Crippen LogP contribution in [0.15, 0.2) is 0 Å². The van der Waals surface area contributed by atoms with E-state index in [9.17, 15) is 19.2 Å². The predicted octanol–water partition coefficient (Wildman–Crippen LogP) is 3.96. The third kappa shape index (κ3) is 8.95. The molecule has 5 atom stereocenters. The lowest BCUT2D eigenvalue weighted by atomic mass is 9.93. The Labute approximate surface area is 221 Å². The Hall–Kier alpha value is -2.20. The number of rotatable bonds is 8. The Kier molecular flexibility index (Phi) is 11.1. The van der Waals surface area contributed by atoms with Gasteiger partial charge in [-0.1, -0.05) is 13.8 Å². The third-order valence-corrected chi connectivity index (χ3v) is 5.73. The quantitative estimate of drug-likeness (QED) is 0.336. The van der Waals surface area contributed by atoms with Gasteiger partial charge in [0.15, 0.2) is 30.7 Å². The highest BCUT2D eigenvalue weighted by atomic mass is 16.7. The zero-order valence-electron chi connectivity index (χ0n) is 24.5. The molecule has 1 rings (SSSR count). The molecule has 0 radical (unpaired) electrons. The molecule has 214 valence electrons. The number of methoxy groups -OCH3 is 1. The van der Waals surface area contributed by atoms with Crippen molar-refractivity contribution in [2.24, 2.45) is 16.2 Å². The van der Waals surface area contributed by atoms with Gasteiger partial charge in [0.05, 0.1) is 29.5 Å². The van der Waals surface area contributed by atoms with Crippen molar-refractivity contribution in [2.75, 3.05) is 7.11 Å². The van der Waals surface area contributed by atoms with Crippen LogP contribution in [-0.4, -0.2) is 67.8 Å². The zero-order valence-corrected chi connectivity index (χ0v) is 24.5. The lowest BCUT2D eigenvalue weighted by molar-refractivity contribution is -0.314. The summed E-state index contributed by atoms with van der Waals surface area (Å²) >= 11 is 0. The van der Waals surface area contributed by atoms with Crippen LogP contribution in [0, 0.1) is 16.2 Å². The molecule has 10 nitrogen and oxygen atoms in total. The smallest absolute Gasteiger partial charge is 0.339 e.